The number of ketones is 2. The summed E-state index contributed by atoms with van der Waals surface area (Å²) in [5, 5.41) is 37.5. The first-order valence-corrected chi connectivity index (χ1v) is 36.9. The van der Waals surface area contributed by atoms with Gasteiger partial charge in [0, 0.05) is 77.6 Å². The number of alkyl carbamates (subject to hydrolysis) is 1. The van der Waals surface area contributed by atoms with Crippen molar-refractivity contribution in [2.45, 2.75) is 232 Å². The molecule has 4 aliphatic carbocycles. The summed E-state index contributed by atoms with van der Waals surface area (Å²) in [6, 6.07) is 18.9. The number of allylic oxidation sites excluding steroid dienone is 4. The SMILES string of the molecule is CCCC1O[C@@H]2C[C@H]3[C@@H]4C[C@H](F)C5=CC(=O)C=C[C@]5(C)[C@@]4(F)[C@@H](O)C[C@]3(C)[C@]2(C(=O)COCNC(=O)OCc2ccc(NC(=O)[C@H](CCCNC(N)=O)NC(=O)[C@@H](NC(=O)CCC(C)(C)OCCC(C)(C)NC(=O)CCC(=O)N3Cc4ccccc4-c4c(nnn4C(C)C)-c4ccccc43)C(C)C)cc2)O1. The van der Waals surface area contributed by atoms with Gasteiger partial charge in [-0.05, 0) is 159 Å². The predicted octanol–water partition coefficient (Wildman–Crippen LogP) is 9.37. The van der Waals surface area contributed by atoms with E-state index in [1.807, 2.05) is 102 Å². The lowest BCUT2D eigenvalue weighted by Gasteiger charge is -2.63. The van der Waals surface area contributed by atoms with Gasteiger partial charge in [-0.15, -0.1) is 5.10 Å². The normalized spacial score (nSPS) is 25.5. The number of amides is 8. The van der Waals surface area contributed by atoms with Crippen molar-refractivity contribution in [2.24, 2.45) is 34.3 Å². The van der Waals surface area contributed by atoms with Gasteiger partial charge >= 0.3 is 12.1 Å². The zero-order chi connectivity index (χ0) is 76.8. The van der Waals surface area contributed by atoms with E-state index in [0.717, 1.165) is 28.5 Å². The van der Waals surface area contributed by atoms with E-state index in [1.54, 1.807) is 49.9 Å². The van der Waals surface area contributed by atoms with Crippen LogP contribution in [0.3, 0.4) is 0 Å². The molecule has 4 fully saturated rings. The van der Waals surface area contributed by atoms with Gasteiger partial charge in [0.25, 0.3) is 0 Å². The van der Waals surface area contributed by atoms with Crippen LogP contribution in [0.1, 0.15) is 170 Å². The lowest BCUT2D eigenvalue weighted by atomic mass is 9.44. The number of hydrogen-bond acceptors (Lipinski definition) is 17. The van der Waals surface area contributed by atoms with Crippen LogP contribution in [0.5, 0.6) is 0 Å². The fraction of sp³-hybridized carbons (Fsp3) is 0.577. The zero-order valence-corrected chi connectivity index (χ0v) is 62.4. The maximum atomic E-state index is 17.9. The number of hydrogen-bond donors (Lipinski definition) is 8. The third-order valence-electron chi connectivity index (χ3n) is 22.1. The number of ether oxygens (including phenoxy) is 5. The molecular weight excluding hydrogens is 1370 g/mol. The molecule has 26 nitrogen and oxygen atoms in total. The lowest BCUT2D eigenvalue weighted by Crippen LogP contribution is -2.71. The number of nitrogens with two attached hydrogens (primary N) is 1. The summed E-state index contributed by atoms with van der Waals surface area (Å²) in [4.78, 5) is 122. The van der Waals surface area contributed by atoms with Gasteiger partial charge in [0.2, 0.25) is 29.5 Å². The third kappa shape index (κ3) is 16.8. The summed E-state index contributed by atoms with van der Waals surface area (Å²) in [6.07, 6.45) is -0.609. The summed E-state index contributed by atoms with van der Waals surface area (Å²) in [7, 11) is 0. The molecule has 0 radical (unpaired) electrons. The molecule has 574 valence electrons. The predicted molar refractivity (Wildman–Crippen MR) is 389 cm³/mol. The van der Waals surface area contributed by atoms with Crippen LogP contribution in [-0.4, -0.2) is 159 Å². The third-order valence-corrected chi connectivity index (χ3v) is 22.1. The minimum Gasteiger partial charge on any atom is -0.445 e. The van der Waals surface area contributed by atoms with Gasteiger partial charge in [0.1, 0.15) is 43.9 Å². The number of aromatic nitrogens is 3. The van der Waals surface area contributed by atoms with Gasteiger partial charge in [0.15, 0.2) is 29.1 Å². The van der Waals surface area contributed by atoms with E-state index < -0.39 is 142 Å². The molecule has 2 aliphatic heterocycles. The number of para-hydroxylation sites is 1. The minimum absolute atomic E-state index is 0.0113. The number of fused-ring (bicyclic) bond motifs is 12. The van der Waals surface area contributed by atoms with E-state index >= 15 is 8.78 Å². The number of primary amides is 1. The van der Waals surface area contributed by atoms with Gasteiger partial charge in [-0.3, -0.25) is 38.9 Å². The van der Waals surface area contributed by atoms with Crippen molar-refractivity contribution >= 4 is 64.6 Å². The van der Waals surface area contributed by atoms with Gasteiger partial charge in [-0.25, -0.2) is 23.1 Å². The van der Waals surface area contributed by atoms with Crippen molar-refractivity contribution in [3.63, 3.8) is 0 Å². The molecule has 0 spiro atoms. The van der Waals surface area contributed by atoms with Crippen LogP contribution in [0, 0.1) is 28.6 Å². The maximum Gasteiger partial charge on any atom is 0.409 e. The Kier molecular flexibility index (Phi) is 24.6. The number of nitrogens with one attached hydrogen (secondary N) is 6. The Labute approximate surface area is 617 Å². The molecule has 3 aromatic carbocycles. The average Bonchev–Trinajstić information content (AvgIpc) is 1.43. The molecule has 4 aromatic rings. The van der Waals surface area contributed by atoms with Crippen molar-refractivity contribution in [1.29, 1.82) is 0 Å². The number of aliphatic hydroxyl groups excluding tert-OH is 1. The molecule has 6 aliphatic rings. The number of aliphatic hydroxyl groups is 1. The van der Waals surface area contributed by atoms with Gasteiger partial charge < -0.3 is 66.0 Å². The second-order valence-electron chi connectivity index (χ2n) is 31.2. The number of alkyl halides is 2. The number of halogens is 2. The number of carbonyl (C=O) groups is 9. The maximum absolute atomic E-state index is 17.9. The van der Waals surface area contributed by atoms with E-state index in [-0.39, 0.29) is 108 Å². The number of benzene rings is 3. The number of rotatable bonds is 31. The van der Waals surface area contributed by atoms with Crippen LogP contribution < -0.4 is 42.5 Å². The molecule has 10 rings (SSSR count). The number of anilines is 2. The first-order valence-electron chi connectivity index (χ1n) is 36.9. The van der Waals surface area contributed by atoms with E-state index in [1.165, 1.54) is 19.1 Å². The zero-order valence-electron chi connectivity index (χ0n) is 62.4. The molecule has 1 saturated heterocycles. The molecule has 1 unspecified atom stereocenters. The Morgan fingerprint density at radius 1 is 0.858 bits per heavy atom. The van der Waals surface area contributed by atoms with E-state index in [0.29, 0.717) is 41.9 Å². The smallest absolute Gasteiger partial charge is 0.409 e. The highest BCUT2D eigenvalue weighted by Crippen LogP contribution is 2.72. The summed E-state index contributed by atoms with van der Waals surface area (Å²) in [6.45, 7) is 19.6. The summed E-state index contributed by atoms with van der Waals surface area (Å²) in [5.41, 5.74) is 2.52. The number of urea groups is 1. The quantitative estimate of drug-likeness (QED) is 0.0172. The van der Waals surface area contributed by atoms with Crippen molar-refractivity contribution in [1.82, 2.24) is 41.6 Å². The van der Waals surface area contributed by atoms with E-state index in [2.05, 4.69) is 42.2 Å². The van der Waals surface area contributed by atoms with Crippen molar-refractivity contribution < 1.29 is 80.7 Å². The largest absolute Gasteiger partial charge is 0.445 e. The molecular formula is C78H103F2N11O15. The highest BCUT2D eigenvalue weighted by molar-refractivity contribution is 6.03. The van der Waals surface area contributed by atoms with Crippen molar-refractivity contribution in [2.75, 3.05) is 36.7 Å². The number of Topliss-reactive ketones (excluding diaryl/α,β-unsaturated/α-hetero) is 1. The Morgan fingerprint density at radius 3 is 2.28 bits per heavy atom. The summed E-state index contributed by atoms with van der Waals surface area (Å²) in [5.74, 6) is -5.33. The molecule has 0 bridgehead atoms. The van der Waals surface area contributed by atoms with Crippen LogP contribution in [0.15, 0.2) is 96.6 Å². The van der Waals surface area contributed by atoms with Crippen LogP contribution in [0.25, 0.3) is 22.5 Å². The molecule has 12 atom stereocenters. The van der Waals surface area contributed by atoms with Crippen molar-refractivity contribution in [3.05, 3.63) is 108 Å². The van der Waals surface area contributed by atoms with Crippen LogP contribution in [0.2, 0.25) is 0 Å². The fourth-order valence-electron chi connectivity index (χ4n) is 16.5. The second-order valence-corrected chi connectivity index (χ2v) is 31.2. The highest BCUT2D eigenvalue weighted by Gasteiger charge is 2.80. The number of nitrogens with zero attached hydrogens (tertiary/aromatic N) is 4. The first-order chi connectivity index (χ1) is 50.1. The molecule has 3 heterocycles. The first kappa shape index (κ1) is 79.7. The topological polar surface area (TPSA) is 352 Å². The Balaban J connectivity index is 0.659. The van der Waals surface area contributed by atoms with Gasteiger partial charge in [0.05, 0.1) is 35.7 Å². The van der Waals surface area contributed by atoms with Crippen LogP contribution in [-0.2, 0) is 70.4 Å². The monoisotopic (exact) mass is 1470 g/mol. The van der Waals surface area contributed by atoms with Crippen LogP contribution >= 0.6 is 0 Å². The average molecular weight is 1470 g/mol. The van der Waals surface area contributed by atoms with E-state index in [4.69, 9.17) is 29.4 Å². The van der Waals surface area contributed by atoms with Crippen molar-refractivity contribution in [3.8, 4) is 22.5 Å². The molecule has 3 saturated carbocycles. The lowest BCUT2D eigenvalue weighted by molar-refractivity contribution is -0.235. The standard InChI is InChI=1S/C78H103F2N11O15/c1-12-18-65-105-61-39-53-54-38-56(79)55-37-50(92)30-33-75(55,10)77(54,80)59(93)40-76(53,11)78(61,106-65)60(94)43-102-44-83-72(101)103-42-47-24-26-49(27-25-47)84-69(98)57(22-17-35-82-71(81)100)85-70(99)66(45(2)3)86-62(95)31-32-74(8,9)104-36-34-73(6,7)87-63(96)28-29-64(97)90-41-48-19-13-14-20-51(48)68-67(88-89-91(68)46(4)5)52-21-15-16-23-58(52)90/h13-16,19-21,23-27,30,33,37,45-46,53-54,56-57,59,61,65-66,93H,12,17-18,22,28-29,31-32,34-36,38-44H2,1-11H3,(H,83,101)(H,84,98)(H,85,99)(H,86,95)(H,87,96)(H3,81,82,100)/t53-,54-,56-,57-,59-,61+,65?,66-,75-,76-,77-,78+/m0/s1. The summed E-state index contributed by atoms with van der Waals surface area (Å²) >= 11 is 0. The molecule has 28 heteroatoms. The number of carbonyl (C=O) groups excluding carboxylic acids is 9. The molecule has 1 aromatic heterocycles. The fourth-order valence-corrected chi connectivity index (χ4v) is 16.5. The van der Waals surface area contributed by atoms with Gasteiger partial charge in [-0.1, -0.05) is 100 Å². The molecule has 9 N–H and O–H groups in total. The van der Waals surface area contributed by atoms with Crippen LogP contribution in [0.4, 0.5) is 29.7 Å². The summed E-state index contributed by atoms with van der Waals surface area (Å²) < 4.78 is 66.4. The minimum atomic E-state index is -2.37. The highest BCUT2D eigenvalue weighted by atomic mass is 19.1. The second kappa shape index (κ2) is 32.7. The molecule has 106 heavy (non-hydrogen) atoms. The van der Waals surface area contributed by atoms with E-state index in [9.17, 15) is 48.3 Å². The Hall–Kier alpha value is -8.83. The Morgan fingerprint density at radius 2 is 1.58 bits per heavy atom. The van der Waals surface area contributed by atoms with Gasteiger partial charge in [-0.2, -0.15) is 0 Å². The molecule has 8 amide bonds. The Bertz CT molecular complexity index is 4010.